The van der Waals surface area contributed by atoms with Gasteiger partial charge in [0.2, 0.25) is 0 Å². The Bertz CT molecular complexity index is 389. The fourth-order valence-electron chi connectivity index (χ4n) is 1.93. The van der Waals surface area contributed by atoms with Gasteiger partial charge >= 0.3 is 0 Å². The minimum Gasteiger partial charge on any atom is -0.356 e. The average molecular weight is 258 g/mol. The predicted octanol–water partition coefficient (Wildman–Crippen LogP) is 2.16. The van der Waals surface area contributed by atoms with Crippen LogP contribution in [0.4, 0.5) is 0 Å². The third kappa shape index (κ3) is 4.06. The van der Waals surface area contributed by atoms with Gasteiger partial charge in [-0.3, -0.25) is 4.79 Å². The van der Waals surface area contributed by atoms with Gasteiger partial charge in [-0.05, 0) is 25.3 Å². The van der Waals surface area contributed by atoms with E-state index >= 15 is 0 Å². The zero-order valence-electron chi connectivity index (χ0n) is 10.5. The molecular weight excluding hydrogens is 238 g/mol. The van der Waals surface area contributed by atoms with Crippen molar-refractivity contribution in [1.82, 2.24) is 10.3 Å². The molecule has 0 spiro atoms. The number of carbonyl (C=O) groups is 1. The molecule has 1 unspecified atom stereocenters. The third-order valence-electron chi connectivity index (χ3n) is 2.62. The van der Waals surface area contributed by atoms with Gasteiger partial charge < -0.3 is 16.0 Å². The summed E-state index contributed by atoms with van der Waals surface area (Å²) in [5.74, 6) is 0.293. The Labute approximate surface area is 107 Å². The van der Waals surface area contributed by atoms with E-state index in [-0.39, 0.29) is 11.4 Å². The molecule has 4 N–H and O–H groups in total. The van der Waals surface area contributed by atoms with E-state index < -0.39 is 0 Å². The normalized spacial score (nSPS) is 14.7. The lowest BCUT2D eigenvalue weighted by Crippen LogP contribution is -2.52. The van der Waals surface area contributed by atoms with Crippen LogP contribution in [-0.2, 0) is 0 Å². The number of nitrogens with one attached hydrogen (secondary N) is 2. The zero-order chi connectivity index (χ0) is 13.1. The summed E-state index contributed by atoms with van der Waals surface area (Å²) in [5, 5.41) is 3.47. The van der Waals surface area contributed by atoms with Crippen LogP contribution in [0, 0.1) is 5.92 Å². The first-order chi connectivity index (χ1) is 7.86. The summed E-state index contributed by atoms with van der Waals surface area (Å²) in [6.07, 6.45) is 2.42. The number of hydrogen-bond donors (Lipinski definition) is 3. The van der Waals surface area contributed by atoms with Gasteiger partial charge in [0.15, 0.2) is 0 Å². The summed E-state index contributed by atoms with van der Waals surface area (Å²) < 4.78 is 0. The molecule has 0 saturated heterocycles. The lowest BCUT2D eigenvalue weighted by atomic mass is 9.90. The van der Waals surface area contributed by atoms with Crippen LogP contribution < -0.4 is 11.1 Å². The molecule has 5 heteroatoms. The summed E-state index contributed by atoms with van der Waals surface area (Å²) >= 11 is 5.76. The standard InChI is InChI=1S/C12H20ClN3O/c1-8(2)5-12(3,7-14)16-11(17)10-4-9(13)6-15-10/h4,6,8,15H,5,7,14H2,1-3H3,(H,16,17). The molecule has 0 saturated carbocycles. The minimum atomic E-state index is -0.386. The molecule has 0 bridgehead atoms. The number of aromatic amines is 1. The van der Waals surface area contributed by atoms with Crippen molar-refractivity contribution in [2.24, 2.45) is 11.7 Å². The molecular formula is C12H20ClN3O. The summed E-state index contributed by atoms with van der Waals surface area (Å²) in [5.41, 5.74) is 5.81. The maximum atomic E-state index is 12.0. The number of nitrogens with two attached hydrogens (primary N) is 1. The Morgan fingerprint density at radius 3 is 2.71 bits per heavy atom. The topological polar surface area (TPSA) is 70.9 Å². The molecule has 4 nitrogen and oxygen atoms in total. The molecule has 1 atom stereocenters. The molecule has 0 aromatic carbocycles. The summed E-state index contributed by atoms with van der Waals surface area (Å²) in [7, 11) is 0. The van der Waals surface area contributed by atoms with Gasteiger partial charge in [-0.25, -0.2) is 0 Å². The molecule has 1 amide bonds. The third-order valence-corrected chi connectivity index (χ3v) is 2.84. The van der Waals surface area contributed by atoms with E-state index in [0.29, 0.717) is 23.2 Å². The largest absolute Gasteiger partial charge is 0.356 e. The Hall–Kier alpha value is -1.00. The van der Waals surface area contributed by atoms with Crippen LogP contribution >= 0.6 is 11.6 Å². The van der Waals surface area contributed by atoms with Gasteiger partial charge in [0.1, 0.15) is 5.69 Å². The van der Waals surface area contributed by atoms with Crippen LogP contribution in [0.5, 0.6) is 0 Å². The van der Waals surface area contributed by atoms with Crippen molar-refractivity contribution >= 4 is 17.5 Å². The number of aromatic nitrogens is 1. The highest BCUT2D eigenvalue weighted by molar-refractivity contribution is 6.30. The van der Waals surface area contributed by atoms with Crippen molar-refractivity contribution in [2.75, 3.05) is 6.54 Å². The van der Waals surface area contributed by atoms with Crippen LogP contribution in [0.3, 0.4) is 0 Å². The van der Waals surface area contributed by atoms with Gasteiger partial charge in [0.05, 0.1) is 10.6 Å². The van der Waals surface area contributed by atoms with Crippen molar-refractivity contribution in [3.05, 3.63) is 23.0 Å². The summed E-state index contributed by atoms with van der Waals surface area (Å²) in [6, 6.07) is 1.60. The average Bonchev–Trinajstić information content (AvgIpc) is 2.63. The molecule has 1 rings (SSSR count). The number of rotatable bonds is 5. The fourth-order valence-corrected chi connectivity index (χ4v) is 2.09. The molecule has 1 heterocycles. The van der Waals surface area contributed by atoms with Gasteiger partial charge in [-0.2, -0.15) is 0 Å². The van der Waals surface area contributed by atoms with Gasteiger partial charge in [0.25, 0.3) is 5.91 Å². The van der Waals surface area contributed by atoms with Crippen LogP contribution in [-0.4, -0.2) is 23.0 Å². The van der Waals surface area contributed by atoms with E-state index in [9.17, 15) is 4.79 Å². The lowest BCUT2D eigenvalue weighted by Gasteiger charge is -2.31. The van der Waals surface area contributed by atoms with Crippen molar-refractivity contribution in [3.63, 3.8) is 0 Å². The zero-order valence-corrected chi connectivity index (χ0v) is 11.3. The highest BCUT2D eigenvalue weighted by atomic mass is 35.5. The molecule has 96 valence electrons. The number of halogens is 1. The predicted molar refractivity (Wildman–Crippen MR) is 70.2 cm³/mol. The second-order valence-corrected chi connectivity index (χ2v) is 5.48. The number of hydrogen-bond acceptors (Lipinski definition) is 2. The van der Waals surface area contributed by atoms with Crippen molar-refractivity contribution in [2.45, 2.75) is 32.7 Å². The van der Waals surface area contributed by atoms with Crippen LogP contribution in [0.15, 0.2) is 12.3 Å². The van der Waals surface area contributed by atoms with E-state index in [1.807, 2.05) is 6.92 Å². The SMILES string of the molecule is CC(C)CC(C)(CN)NC(=O)c1cc(Cl)c[nH]1. The molecule has 0 radical (unpaired) electrons. The Morgan fingerprint density at radius 1 is 1.65 bits per heavy atom. The minimum absolute atomic E-state index is 0.175. The number of H-pyrrole nitrogens is 1. The maximum Gasteiger partial charge on any atom is 0.268 e. The van der Waals surface area contributed by atoms with Gasteiger partial charge in [-0.15, -0.1) is 0 Å². The molecule has 0 aliphatic rings. The van der Waals surface area contributed by atoms with Crippen molar-refractivity contribution < 1.29 is 4.79 Å². The van der Waals surface area contributed by atoms with E-state index in [2.05, 4.69) is 24.1 Å². The first-order valence-electron chi connectivity index (χ1n) is 5.73. The van der Waals surface area contributed by atoms with Crippen LogP contribution in [0.2, 0.25) is 5.02 Å². The second kappa shape index (κ2) is 5.56. The van der Waals surface area contributed by atoms with Crippen LogP contribution in [0.1, 0.15) is 37.7 Å². The lowest BCUT2D eigenvalue weighted by molar-refractivity contribution is 0.0893. The molecule has 0 fully saturated rings. The molecule has 17 heavy (non-hydrogen) atoms. The van der Waals surface area contributed by atoms with E-state index in [1.54, 1.807) is 12.3 Å². The van der Waals surface area contributed by atoms with Gasteiger partial charge in [-0.1, -0.05) is 25.4 Å². The first-order valence-corrected chi connectivity index (χ1v) is 6.10. The fraction of sp³-hybridized carbons (Fsp3) is 0.583. The highest BCUT2D eigenvalue weighted by Gasteiger charge is 2.26. The molecule has 1 aromatic heterocycles. The Kier molecular flexibility index (Phi) is 4.60. The smallest absolute Gasteiger partial charge is 0.268 e. The number of carbonyl (C=O) groups excluding carboxylic acids is 1. The monoisotopic (exact) mass is 257 g/mol. The highest BCUT2D eigenvalue weighted by Crippen LogP contribution is 2.17. The van der Waals surface area contributed by atoms with Crippen molar-refractivity contribution in [1.29, 1.82) is 0 Å². The van der Waals surface area contributed by atoms with E-state index in [0.717, 1.165) is 6.42 Å². The van der Waals surface area contributed by atoms with E-state index in [1.165, 1.54) is 0 Å². The first kappa shape index (κ1) is 14.1. The second-order valence-electron chi connectivity index (χ2n) is 5.05. The molecule has 0 aliphatic heterocycles. The molecule has 1 aromatic rings. The maximum absolute atomic E-state index is 12.0. The van der Waals surface area contributed by atoms with Gasteiger partial charge in [0, 0.05) is 12.7 Å². The van der Waals surface area contributed by atoms with Crippen LogP contribution in [0.25, 0.3) is 0 Å². The van der Waals surface area contributed by atoms with E-state index in [4.69, 9.17) is 17.3 Å². The molecule has 0 aliphatic carbocycles. The quantitative estimate of drug-likeness (QED) is 0.757. The summed E-state index contributed by atoms with van der Waals surface area (Å²) in [6.45, 7) is 6.57. The number of amides is 1. The summed E-state index contributed by atoms with van der Waals surface area (Å²) in [4.78, 5) is 14.8. The Balaban J connectivity index is 2.71. The Morgan fingerprint density at radius 2 is 2.29 bits per heavy atom. The van der Waals surface area contributed by atoms with Crippen molar-refractivity contribution in [3.8, 4) is 0 Å².